The summed E-state index contributed by atoms with van der Waals surface area (Å²) in [5.41, 5.74) is 0.959. The summed E-state index contributed by atoms with van der Waals surface area (Å²) in [5, 5.41) is 4.28. The topological polar surface area (TPSA) is 68.1 Å². The maximum atomic E-state index is 12.7. The third-order valence-electron chi connectivity index (χ3n) is 4.87. The van der Waals surface area contributed by atoms with Crippen molar-refractivity contribution in [3.63, 3.8) is 0 Å². The molecule has 0 atom stereocenters. The van der Waals surface area contributed by atoms with Crippen molar-refractivity contribution in [1.82, 2.24) is 19.1 Å². The van der Waals surface area contributed by atoms with E-state index in [9.17, 15) is 8.42 Å². The highest BCUT2D eigenvalue weighted by Gasteiger charge is 2.38. The predicted octanol–water partition coefficient (Wildman–Crippen LogP) is 2.18. The van der Waals surface area contributed by atoms with E-state index in [2.05, 4.69) is 10.1 Å². The van der Waals surface area contributed by atoms with Gasteiger partial charge in [-0.3, -0.25) is 9.67 Å². The van der Waals surface area contributed by atoms with Gasteiger partial charge in [0.05, 0.1) is 12.2 Å². The van der Waals surface area contributed by atoms with Crippen LogP contribution in [-0.4, -0.2) is 40.6 Å². The number of pyridine rings is 1. The molecule has 7 heteroatoms. The quantitative estimate of drug-likeness (QED) is 0.860. The van der Waals surface area contributed by atoms with Crippen LogP contribution < -0.4 is 0 Å². The first-order chi connectivity index (χ1) is 11.1. The summed E-state index contributed by atoms with van der Waals surface area (Å²) < 4.78 is 28.7. The summed E-state index contributed by atoms with van der Waals surface area (Å²) in [4.78, 5) is 4.62. The normalized spacial score (nSPS) is 20.7. The van der Waals surface area contributed by atoms with Crippen LogP contribution in [0.4, 0.5) is 0 Å². The third-order valence-corrected chi connectivity index (χ3v) is 6.65. The van der Waals surface area contributed by atoms with Crippen molar-refractivity contribution in [1.29, 1.82) is 0 Å². The Hall–Kier alpha value is -1.73. The Balaban J connectivity index is 1.47. The van der Waals surface area contributed by atoms with Crippen molar-refractivity contribution in [2.75, 3.05) is 13.1 Å². The highest BCUT2D eigenvalue weighted by atomic mass is 32.2. The number of rotatable bonds is 4. The smallest absolute Gasteiger partial charge is 0.246 e. The van der Waals surface area contributed by atoms with Crippen LogP contribution in [0, 0.1) is 0 Å². The second-order valence-electron chi connectivity index (χ2n) is 6.37. The van der Waals surface area contributed by atoms with Gasteiger partial charge in [-0.15, -0.1) is 0 Å². The van der Waals surface area contributed by atoms with E-state index in [0.29, 0.717) is 24.0 Å². The van der Waals surface area contributed by atoms with Crippen LogP contribution in [0.15, 0.2) is 41.7 Å². The molecule has 0 amide bonds. The van der Waals surface area contributed by atoms with Gasteiger partial charge in [0.2, 0.25) is 10.0 Å². The minimum Gasteiger partial charge on any atom is -0.268 e. The lowest BCUT2D eigenvalue weighted by Crippen LogP contribution is -2.48. The molecule has 2 aromatic heterocycles. The van der Waals surface area contributed by atoms with Crippen LogP contribution in [0.2, 0.25) is 0 Å². The highest BCUT2D eigenvalue weighted by Crippen LogP contribution is 2.33. The zero-order valence-electron chi connectivity index (χ0n) is 12.9. The summed E-state index contributed by atoms with van der Waals surface area (Å²) >= 11 is 0. The van der Waals surface area contributed by atoms with Gasteiger partial charge in [0.1, 0.15) is 4.90 Å². The van der Waals surface area contributed by atoms with Crippen molar-refractivity contribution >= 4 is 10.0 Å². The van der Waals surface area contributed by atoms with Crippen LogP contribution >= 0.6 is 0 Å². The van der Waals surface area contributed by atoms with Crippen molar-refractivity contribution in [3.8, 4) is 0 Å². The fraction of sp³-hybridized carbons (Fsp3) is 0.500. The average molecular weight is 332 g/mol. The summed E-state index contributed by atoms with van der Waals surface area (Å²) in [7, 11) is -3.43. The standard InChI is InChI=1S/C16H20N4O2S/c21-23(22,15-9-18-20(12-15)14-5-1-2-6-14)19-10-13(11-19)16-7-3-4-8-17-16/h3-4,7-9,12-14H,1-2,5-6,10-11H2. The minimum absolute atomic E-state index is 0.191. The molecule has 1 aliphatic heterocycles. The lowest BCUT2D eigenvalue weighted by atomic mass is 9.99. The second-order valence-corrected chi connectivity index (χ2v) is 8.31. The molecule has 122 valence electrons. The number of hydrogen-bond acceptors (Lipinski definition) is 4. The molecule has 0 spiro atoms. The Labute approximate surface area is 136 Å². The SMILES string of the molecule is O=S(=O)(c1cnn(C2CCCC2)c1)N1CC(c2ccccn2)C1. The predicted molar refractivity (Wildman–Crippen MR) is 85.5 cm³/mol. The maximum Gasteiger partial charge on any atom is 0.246 e. The molecule has 1 saturated heterocycles. The van der Waals surface area contributed by atoms with Gasteiger partial charge in [0, 0.05) is 37.1 Å². The molecule has 2 aromatic rings. The molecule has 1 aliphatic carbocycles. The Bertz CT molecular complexity index is 775. The summed E-state index contributed by atoms with van der Waals surface area (Å²) in [5.74, 6) is 0.191. The molecule has 0 bridgehead atoms. The molecule has 4 rings (SSSR count). The van der Waals surface area contributed by atoms with Gasteiger partial charge in [-0.05, 0) is 25.0 Å². The summed E-state index contributed by atoms with van der Waals surface area (Å²) in [6, 6.07) is 6.11. The van der Waals surface area contributed by atoms with E-state index in [1.165, 1.54) is 23.3 Å². The summed E-state index contributed by atoms with van der Waals surface area (Å²) in [6.45, 7) is 0.988. The molecule has 1 saturated carbocycles. The second kappa shape index (κ2) is 5.72. The van der Waals surface area contributed by atoms with E-state index in [1.807, 2.05) is 22.9 Å². The first-order valence-electron chi connectivity index (χ1n) is 8.10. The number of nitrogens with zero attached hydrogens (tertiary/aromatic N) is 4. The molecule has 2 fully saturated rings. The van der Waals surface area contributed by atoms with Gasteiger partial charge >= 0.3 is 0 Å². The number of hydrogen-bond donors (Lipinski definition) is 0. The van der Waals surface area contributed by atoms with E-state index in [4.69, 9.17) is 0 Å². The third kappa shape index (κ3) is 2.68. The molecule has 3 heterocycles. The van der Waals surface area contributed by atoms with Crippen molar-refractivity contribution in [3.05, 3.63) is 42.5 Å². The fourth-order valence-corrected chi connectivity index (χ4v) is 4.88. The van der Waals surface area contributed by atoms with Gasteiger partial charge in [-0.25, -0.2) is 8.42 Å². The van der Waals surface area contributed by atoms with Crippen molar-refractivity contribution < 1.29 is 8.42 Å². The molecule has 2 aliphatic rings. The molecular formula is C16H20N4O2S. The Morgan fingerprint density at radius 1 is 1.13 bits per heavy atom. The van der Waals surface area contributed by atoms with E-state index in [1.54, 1.807) is 12.4 Å². The highest BCUT2D eigenvalue weighted by molar-refractivity contribution is 7.89. The number of aromatic nitrogens is 3. The van der Waals surface area contributed by atoms with Gasteiger partial charge in [-0.1, -0.05) is 18.9 Å². The molecule has 0 unspecified atom stereocenters. The largest absolute Gasteiger partial charge is 0.268 e. The van der Waals surface area contributed by atoms with Crippen LogP contribution in [0.3, 0.4) is 0 Å². The van der Waals surface area contributed by atoms with Gasteiger partial charge < -0.3 is 0 Å². The first kappa shape index (κ1) is 14.8. The van der Waals surface area contributed by atoms with E-state index < -0.39 is 10.0 Å². The van der Waals surface area contributed by atoms with E-state index >= 15 is 0 Å². The van der Waals surface area contributed by atoms with Gasteiger partial charge in [0.15, 0.2) is 0 Å². The molecule has 0 radical (unpaired) electrons. The monoisotopic (exact) mass is 332 g/mol. The lowest BCUT2D eigenvalue weighted by molar-refractivity contribution is 0.260. The molecule has 23 heavy (non-hydrogen) atoms. The van der Waals surface area contributed by atoms with Crippen LogP contribution in [-0.2, 0) is 10.0 Å². The van der Waals surface area contributed by atoms with E-state index in [-0.39, 0.29) is 5.92 Å². The zero-order chi connectivity index (χ0) is 15.9. The van der Waals surface area contributed by atoms with Gasteiger partial charge in [0.25, 0.3) is 0 Å². The molecular weight excluding hydrogens is 312 g/mol. The molecule has 0 N–H and O–H groups in total. The zero-order valence-corrected chi connectivity index (χ0v) is 13.7. The first-order valence-corrected chi connectivity index (χ1v) is 9.54. The Morgan fingerprint density at radius 2 is 1.91 bits per heavy atom. The lowest BCUT2D eigenvalue weighted by Gasteiger charge is -2.37. The van der Waals surface area contributed by atoms with Crippen LogP contribution in [0.1, 0.15) is 43.3 Å². The maximum absolute atomic E-state index is 12.7. The average Bonchev–Trinajstić information content (AvgIpc) is 3.18. The molecule has 0 aromatic carbocycles. The Morgan fingerprint density at radius 3 is 2.61 bits per heavy atom. The molecule has 6 nitrogen and oxygen atoms in total. The van der Waals surface area contributed by atoms with Crippen LogP contribution in [0.5, 0.6) is 0 Å². The summed E-state index contributed by atoms with van der Waals surface area (Å²) in [6.07, 6.45) is 9.51. The minimum atomic E-state index is -3.43. The van der Waals surface area contributed by atoms with E-state index in [0.717, 1.165) is 18.5 Å². The van der Waals surface area contributed by atoms with Gasteiger partial charge in [-0.2, -0.15) is 9.40 Å². The van der Waals surface area contributed by atoms with Crippen molar-refractivity contribution in [2.24, 2.45) is 0 Å². The number of sulfonamides is 1. The van der Waals surface area contributed by atoms with Crippen molar-refractivity contribution in [2.45, 2.75) is 42.5 Å². The Kier molecular flexibility index (Phi) is 3.69. The fourth-order valence-electron chi connectivity index (χ4n) is 3.41. The van der Waals surface area contributed by atoms with Crippen LogP contribution in [0.25, 0.3) is 0 Å².